The van der Waals surface area contributed by atoms with Crippen LogP contribution in [0.15, 0.2) is 18.2 Å². The molecule has 1 aromatic rings. The molecule has 0 aliphatic rings. The van der Waals surface area contributed by atoms with Crippen LogP contribution in [0, 0.1) is 6.92 Å². The largest absolute Gasteiger partial charge is 0.355 e. The van der Waals surface area contributed by atoms with E-state index < -0.39 is 10.0 Å². The van der Waals surface area contributed by atoms with Gasteiger partial charge in [0.2, 0.25) is 15.9 Å². The van der Waals surface area contributed by atoms with Crippen LogP contribution < -0.4 is 9.62 Å². The van der Waals surface area contributed by atoms with Gasteiger partial charge < -0.3 is 5.32 Å². The average Bonchev–Trinajstić information content (AvgIpc) is 2.27. The van der Waals surface area contributed by atoms with Gasteiger partial charge in [0.15, 0.2) is 0 Å². The lowest BCUT2D eigenvalue weighted by atomic mass is 10.2. The van der Waals surface area contributed by atoms with Gasteiger partial charge in [-0.15, -0.1) is 0 Å². The van der Waals surface area contributed by atoms with Crippen molar-refractivity contribution in [1.82, 2.24) is 5.32 Å². The van der Waals surface area contributed by atoms with Gasteiger partial charge in [-0.05, 0) is 24.6 Å². The van der Waals surface area contributed by atoms with E-state index in [1.54, 1.807) is 25.1 Å². The highest BCUT2D eigenvalue weighted by atomic mass is 35.5. The number of sulfonamides is 1. The Morgan fingerprint density at radius 2 is 2.05 bits per heavy atom. The van der Waals surface area contributed by atoms with Gasteiger partial charge in [-0.25, -0.2) is 8.42 Å². The Hall–Kier alpha value is -1.27. The maximum absolute atomic E-state index is 11.8. The molecule has 0 aromatic heterocycles. The van der Waals surface area contributed by atoms with Crippen LogP contribution in [0.4, 0.5) is 5.69 Å². The number of amides is 1. The molecule has 19 heavy (non-hydrogen) atoms. The number of carbonyl (C=O) groups is 1. The van der Waals surface area contributed by atoms with E-state index in [2.05, 4.69) is 5.32 Å². The molecule has 1 N–H and O–H groups in total. The lowest BCUT2D eigenvalue weighted by Gasteiger charge is -2.24. The Morgan fingerprint density at radius 3 is 2.58 bits per heavy atom. The van der Waals surface area contributed by atoms with Crippen LogP contribution in [-0.4, -0.2) is 33.7 Å². The number of hydrogen-bond acceptors (Lipinski definition) is 3. The first-order valence-electron chi connectivity index (χ1n) is 5.70. The van der Waals surface area contributed by atoms with Gasteiger partial charge in [0, 0.05) is 18.5 Å². The van der Waals surface area contributed by atoms with Crippen molar-refractivity contribution >= 4 is 33.2 Å². The normalized spacial score (nSPS) is 11.2. The number of nitrogens with one attached hydrogen (secondary N) is 1. The number of rotatable bonds is 5. The molecule has 1 aromatic carbocycles. The fourth-order valence-electron chi connectivity index (χ4n) is 1.66. The zero-order chi connectivity index (χ0) is 14.6. The Labute approximate surface area is 118 Å². The smallest absolute Gasteiger partial charge is 0.232 e. The zero-order valence-electron chi connectivity index (χ0n) is 11.1. The highest BCUT2D eigenvalue weighted by Gasteiger charge is 2.19. The maximum Gasteiger partial charge on any atom is 0.232 e. The van der Waals surface area contributed by atoms with Crippen molar-refractivity contribution in [3.8, 4) is 0 Å². The van der Waals surface area contributed by atoms with Crippen molar-refractivity contribution in [1.29, 1.82) is 0 Å². The Balaban J connectivity index is 3.04. The number of hydrogen-bond donors (Lipinski definition) is 1. The fraction of sp³-hybridized carbons (Fsp3) is 0.417. The minimum Gasteiger partial charge on any atom is -0.355 e. The molecule has 0 atom stereocenters. The quantitative estimate of drug-likeness (QED) is 0.897. The molecule has 0 bridgehead atoms. The van der Waals surface area contributed by atoms with Gasteiger partial charge in [-0.3, -0.25) is 9.10 Å². The molecular formula is C12H17ClN2O3S. The van der Waals surface area contributed by atoms with Crippen molar-refractivity contribution in [2.45, 2.75) is 13.8 Å². The number of nitrogens with zero attached hydrogens (tertiary/aromatic N) is 1. The molecule has 0 heterocycles. The van der Waals surface area contributed by atoms with E-state index in [9.17, 15) is 13.2 Å². The second-order valence-corrected chi connectivity index (χ2v) is 6.52. The van der Waals surface area contributed by atoms with Crippen LogP contribution >= 0.6 is 11.6 Å². The Kier molecular flexibility index (Phi) is 5.20. The van der Waals surface area contributed by atoms with Gasteiger partial charge in [0.05, 0.1) is 18.5 Å². The third-order valence-electron chi connectivity index (χ3n) is 2.60. The van der Waals surface area contributed by atoms with E-state index in [-0.39, 0.29) is 19.0 Å². The van der Waals surface area contributed by atoms with E-state index in [0.717, 1.165) is 6.26 Å². The standard InChI is InChI=1S/C12H17ClN2O3S/c1-9-11(13)5-4-6-12(9)15(19(3,17)18)8-7-14-10(2)16/h4-6H,7-8H2,1-3H3,(H,14,16). The highest BCUT2D eigenvalue weighted by Crippen LogP contribution is 2.27. The molecule has 1 amide bonds. The molecule has 0 fully saturated rings. The van der Waals surface area contributed by atoms with Gasteiger partial charge in [0.25, 0.3) is 0 Å². The Bertz CT molecular complexity index is 572. The molecule has 0 aliphatic carbocycles. The average molecular weight is 305 g/mol. The van der Waals surface area contributed by atoms with Crippen molar-refractivity contribution < 1.29 is 13.2 Å². The summed E-state index contributed by atoms with van der Waals surface area (Å²) in [5.74, 6) is -0.198. The summed E-state index contributed by atoms with van der Waals surface area (Å²) < 4.78 is 24.9. The third kappa shape index (κ3) is 4.40. The summed E-state index contributed by atoms with van der Waals surface area (Å²) in [4.78, 5) is 10.8. The summed E-state index contributed by atoms with van der Waals surface area (Å²) in [6, 6.07) is 5.09. The first kappa shape index (κ1) is 15.8. The van der Waals surface area contributed by atoms with Crippen LogP contribution in [-0.2, 0) is 14.8 Å². The van der Waals surface area contributed by atoms with E-state index in [1.165, 1.54) is 11.2 Å². The maximum atomic E-state index is 11.8. The Morgan fingerprint density at radius 1 is 1.42 bits per heavy atom. The second-order valence-electron chi connectivity index (χ2n) is 4.20. The van der Waals surface area contributed by atoms with Gasteiger partial charge in [0.1, 0.15) is 0 Å². The fourth-order valence-corrected chi connectivity index (χ4v) is 2.81. The van der Waals surface area contributed by atoms with Crippen LogP contribution in [0.1, 0.15) is 12.5 Å². The lowest BCUT2D eigenvalue weighted by molar-refractivity contribution is -0.118. The minimum absolute atomic E-state index is 0.166. The molecule has 5 nitrogen and oxygen atoms in total. The van der Waals surface area contributed by atoms with Gasteiger partial charge in [-0.2, -0.15) is 0 Å². The summed E-state index contributed by atoms with van der Waals surface area (Å²) in [6.07, 6.45) is 1.13. The van der Waals surface area contributed by atoms with E-state index >= 15 is 0 Å². The number of anilines is 1. The summed E-state index contributed by atoms with van der Waals surface area (Å²) in [6.45, 7) is 3.55. The first-order valence-corrected chi connectivity index (χ1v) is 7.93. The summed E-state index contributed by atoms with van der Waals surface area (Å²) in [5.41, 5.74) is 1.22. The summed E-state index contributed by atoms with van der Waals surface area (Å²) in [5, 5.41) is 3.08. The zero-order valence-corrected chi connectivity index (χ0v) is 12.7. The molecule has 0 saturated heterocycles. The molecule has 0 radical (unpaired) electrons. The topological polar surface area (TPSA) is 66.5 Å². The van der Waals surface area contributed by atoms with E-state index in [1.807, 2.05) is 0 Å². The van der Waals surface area contributed by atoms with Gasteiger partial charge >= 0.3 is 0 Å². The highest BCUT2D eigenvalue weighted by molar-refractivity contribution is 7.92. The van der Waals surface area contributed by atoms with Crippen molar-refractivity contribution in [3.05, 3.63) is 28.8 Å². The van der Waals surface area contributed by atoms with Crippen molar-refractivity contribution in [3.63, 3.8) is 0 Å². The van der Waals surface area contributed by atoms with E-state index in [0.29, 0.717) is 16.3 Å². The molecule has 0 saturated carbocycles. The SMILES string of the molecule is CC(=O)NCCN(c1cccc(Cl)c1C)S(C)(=O)=O. The van der Waals surface area contributed by atoms with Crippen LogP contribution in [0.5, 0.6) is 0 Å². The molecule has 0 unspecified atom stereocenters. The molecule has 1 rings (SSSR count). The molecule has 7 heteroatoms. The number of carbonyl (C=O) groups excluding carboxylic acids is 1. The van der Waals surface area contributed by atoms with E-state index in [4.69, 9.17) is 11.6 Å². The molecule has 0 aliphatic heterocycles. The van der Waals surface area contributed by atoms with Crippen molar-refractivity contribution in [2.24, 2.45) is 0 Å². The minimum atomic E-state index is -3.43. The molecular weight excluding hydrogens is 288 g/mol. The third-order valence-corrected chi connectivity index (χ3v) is 4.19. The predicted octanol–water partition coefficient (Wildman–Crippen LogP) is 1.55. The number of benzene rings is 1. The molecule has 106 valence electrons. The van der Waals surface area contributed by atoms with Crippen LogP contribution in [0.2, 0.25) is 5.02 Å². The van der Waals surface area contributed by atoms with Gasteiger partial charge in [-0.1, -0.05) is 17.7 Å². The predicted molar refractivity (Wildman–Crippen MR) is 77.1 cm³/mol. The second kappa shape index (κ2) is 6.25. The summed E-state index contributed by atoms with van der Waals surface area (Å²) in [7, 11) is -3.43. The molecule has 0 spiro atoms. The first-order chi connectivity index (χ1) is 8.73. The monoisotopic (exact) mass is 304 g/mol. The lowest BCUT2D eigenvalue weighted by Crippen LogP contribution is -2.37. The van der Waals surface area contributed by atoms with Crippen molar-refractivity contribution in [2.75, 3.05) is 23.7 Å². The number of halogens is 1. The van der Waals surface area contributed by atoms with Crippen LogP contribution in [0.3, 0.4) is 0 Å². The van der Waals surface area contributed by atoms with Crippen LogP contribution in [0.25, 0.3) is 0 Å². The summed E-state index contributed by atoms with van der Waals surface area (Å²) >= 11 is 6.00.